The summed E-state index contributed by atoms with van der Waals surface area (Å²) in [7, 11) is 1.55. The van der Waals surface area contributed by atoms with Crippen molar-refractivity contribution in [1.82, 2.24) is 19.8 Å². The van der Waals surface area contributed by atoms with Crippen LogP contribution < -0.4 is 5.32 Å². The van der Waals surface area contributed by atoms with Gasteiger partial charge in [-0.05, 0) is 44.2 Å². The molecule has 0 saturated heterocycles. The number of hydrogen-bond acceptors (Lipinski definition) is 5. The Kier molecular flexibility index (Phi) is 5.71. The minimum atomic E-state index is -0.906. The van der Waals surface area contributed by atoms with Gasteiger partial charge in [0.25, 0.3) is 11.8 Å². The van der Waals surface area contributed by atoms with E-state index in [4.69, 9.17) is 11.6 Å². The Hall–Kier alpha value is -3.66. The molecule has 4 rings (SSSR count). The van der Waals surface area contributed by atoms with Crippen molar-refractivity contribution in [2.75, 3.05) is 12.4 Å². The van der Waals surface area contributed by atoms with Crippen LogP contribution in [-0.4, -0.2) is 44.3 Å². The molecule has 33 heavy (non-hydrogen) atoms. The summed E-state index contributed by atoms with van der Waals surface area (Å²) in [6.07, 6.45) is 1.33. The number of alkyl halides is 1. The molecule has 2 aromatic heterocycles. The Morgan fingerprint density at radius 1 is 1.24 bits per heavy atom. The lowest BCUT2D eigenvalue weighted by Crippen LogP contribution is -2.33. The summed E-state index contributed by atoms with van der Waals surface area (Å²) in [6, 6.07) is 8.51. The third-order valence-electron chi connectivity index (χ3n) is 5.25. The lowest BCUT2D eigenvalue weighted by Gasteiger charge is -2.16. The molecule has 0 saturated carbocycles. The molecule has 0 aliphatic carbocycles. The summed E-state index contributed by atoms with van der Waals surface area (Å²) < 4.78 is 29.0. The lowest BCUT2D eigenvalue weighted by molar-refractivity contribution is -0.133. The van der Waals surface area contributed by atoms with Crippen LogP contribution in [0.1, 0.15) is 35.6 Å². The van der Waals surface area contributed by atoms with Crippen LogP contribution in [0, 0.1) is 11.2 Å². The van der Waals surface area contributed by atoms with Gasteiger partial charge in [-0.25, -0.2) is 23.5 Å². The highest BCUT2D eigenvalue weighted by Gasteiger charge is 2.43. The highest BCUT2D eigenvalue weighted by Crippen LogP contribution is 2.31. The highest BCUT2D eigenvalue weighted by atomic mass is 35.5. The highest BCUT2D eigenvalue weighted by molar-refractivity contribution is 6.34. The molecule has 2 amide bonds. The first kappa shape index (κ1) is 22.5. The number of benzene rings is 1. The molecule has 1 aliphatic rings. The molecule has 1 N–H and O–H groups in total. The minimum Gasteiger partial charge on any atom is -0.320 e. The molecule has 0 radical (unpaired) electrons. The number of carbonyl (C=O) groups is 2. The average Bonchev–Trinajstić information content (AvgIpc) is 3.28. The average molecular weight is 473 g/mol. The van der Waals surface area contributed by atoms with Gasteiger partial charge in [-0.3, -0.25) is 9.59 Å². The van der Waals surface area contributed by atoms with Crippen molar-refractivity contribution in [3.8, 4) is 5.82 Å². The van der Waals surface area contributed by atoms with Gasteiger partial charge in [-0.1, -0.05) is 17.7 Å². The van der Waals surface area contributed by atoms with Gasteiger partial charge in [0.2, 0.25) is 0 Å². The largest absolute Gasteiger partial charge is 0.320 e. The van der Waals surface area contributed by atoms with Crippen molar-refractivity contribution in [1.29, 1.82) is 0 Å². The van der Waals surface area contributed by atoms with Crippen molar-refractivity contribution in [2.45, 2.75) is 20.5 Å². The van der Waals surface area contributed by atoms with Crippen LogP contribution in [0.4, 0.5) is 14.5 Å². The first-order valence-electron chi connectivity index (χ1n) is 9.87. The summed E-state index contributed by atoms with van der Waals surface area (Å²) in [6.45, 7) is 2.63. The smallest absolute Gasteiger partial charge is 0.260 e. The zero-order valence-electron chi connectivity index (χ0n) is 17.9. The Balaban J connectivity index is 1.60. The van der Waals surface area contributed by atoms with Gasteiger partial charge >= 0.3 is 0 Å². The summed E-state index contributed by atoms with van der Waals surface area (Å²) in [5.41, 5.74) is 0.0996. The summed E-state index contributed by atoms with van der Waals surface area (Å²) in [5, 5.41) is 12.4. The van der Waals surface area contributed by atoms with E-state index in [0.717, 1.165) is 6.07 Å². The van der Waals surface area contributed by atoms with Crippen LogP contribution >= 0.6 is 11.6 Å². The Morgan fingerprint density at radius 3 is 2.58 bits per heavy atom. The fourth-order valence-electron chi connectivity index (χ4n) is 3.52. The van der Waals surface area contributed by atoms with Gasteiger partial charge < -0.3 is 5.32 Å². The van der Waals surface area contributed by atoms with E-state index >= 15 is 0 Å². The number of amides is 2. The molecule has 8 nitrogen and oxygen atoms in total. The molecular weight excluding hydrogens is 454 g/mol. The second kappa shape index (κ2) is 8.36. The molecule has 3 heterocycles. The zero-order chi connectivity index (χ0) is 23.9. The predicted molar refractivity (Wildman–Crippen MR) is 119 cm³/mol. The standard InChI is InChI=1S/C22H19ClF2N6O2/c1-22(2)19(29-30(3)21(22)33)16-9-13(10-24)31(28-16)17-8-7-12(11-26-17)27-20(32)18-14(23)5-4-6-15(18)25/h4-9,11H,10H2,1-3H3,(H,27,32). The summed E-state index contributed by atoms with van der Waals surface area (Å²) in [5.74, 6) is -1.38. The maximum absolute atomic E-state index is 14.0. The Labute approximate surface area is 192 Å². The molecule has 170 valence electrons. The van der Waals surface area contributed by atoms with Crippen LogP contribution in [0.3, 0.4) is 0 Å². The molecular formula is C22H19ClF2N6O2. The predicted octanol–water partition coefficient (Wildman–Crippen LogP) is 3.98. The Bertz CT molecular complexity index is 1270. The molecule has 11 heteroatoms. The number of aromatic nitrogens is 3. The number of nitrogens with one attached hydrogen (secondary N) is 1. The van der Waals surface area contributed by atoms with Gasteiger partial charge in [0.15, 0.2) is 5.82 Å². The van der Waals surface area contributed by atoms with E-state index in [9.17, 15) is 18.4 Å². The monoisotopic (exact) mass is 472 g/mol. The number of carbonyl (C=O) groups excluding carboxylic acids is 2. The van der Waals surface area contributed by atoms with Crippen LogP contribution in [0.2, 0.25) is 5.02 Å². The molecule has 0 fully saturated rings. The number of rotatable bonds is 5. The van der Waals surface area contributed by atoms with Crippen molar-refractivity contribution in [2.24, 2.45) is 10.5 Å². The van der Waals surface area contributed by atoms with Crippen LogP contribution in [0.5, 0.6) is 0 Å². The maximum atomic E-state index is 14.0. The quantitative estimate of drug-likeness (QED) is 0.607. The van der Waals surface area contributed by atoms with Crippen molar-refractivity contribution in [3.63, 3.8) is 0 Å². The number of hydrogen-bond donors (Lipinski definition) is 1. The SMILES string of the molecule is CN1N=C(c2cc(CF)n(-c3ccc(NC(=O)c4c(F)cccc4Cl)cn3)n2)C(C)(C)C1=O. The summed E-state index contributed by atoms with van der Waals surface area (Å²) in [4.78, 5) is 29.0. The van der Waals surface area contributed by atoms with E-state index in [2.05, 4.69) is 20.5 Å². The van der Waals surface area contributed by atoms with Crippen LogP contribution in [0.25, 0.3) is 5.82 Å². The fourth-order valence-corrected chi connectivity index (χ4v) is 3.77. The number of halogens is 3. The third kappa shape index (κ3) is 3.97. The van der Waals surface area contributed by atoms with Crippen molar-refractivity contribution < 1.29 is 18.4 Å². The van der Waals surface area contributed by atoms with Crippen LogP contribution in [-0.2, 0) is 11.5 Å². The van der Waals surface area contributed by atoms with E-state index in [1.54, 1.807) is 20.9 Å². The van der Waals surface area contributed by atoms with E-state index < -0.39 is 23.8 Å². The van der Waals surface area contributed by atoms with Gasteiger partial charge in [-0.2, -0.15) is 10.2 Å². The number of hydrazone groups is 1. The summed E-state index contributed by atoms with van der Waals surface area (Å²) >= 11 is 5.93. The third-order valence-corrected chi connectivity index (χ3v) is 5.56. The molecule has 0 atom stereocenters. The van der Waals surface area contributed by atoms with Gasteiger partial charge in [0, 0.05) is 7.05 Å². The minimum absolute atomic E-state index is 0.0179. The first-order valence-corrected chi connectivity index (χ1v) is 10.3. The fraction of sp³-hybridized carbons (Fsp3) is 0.227. The van der Waals surface area contributed by atoms with E-state index in [1.807, 2.05) is 0 Å². The lowest BCUT2D eigenvalue weighted by atomic mass is 9.85. The zero-order valence-corrected chi connectivity index (χ0v) is 18.7. The normalized spacial score (nSPS) is 15.0. The molecule has 0 unspecified atom stereocenters. The van der Waals surface area contributed by atoms with Crippen LogP contribution in [0.15, 0.2) is 47.7 Å². The molecule has 0 spiro atoms. The number of anilines is 1. The van der Waals surface area contributed by atoms with Crippen molar-refractivity contribution in [3.05, 3.63) is 70.4 Å². The van der Waals surface area contributed by atoms with Gasteiger partial charge in [0.05, 0.1) is 33.6 Å². The molecule has 0 bridgehead atoms. The van der Waals surface area contributed by atoms with Gasteiger partial charge in [-0.15, -0.1) is 0 Å². The van der Waals surface area contributed by atoms with Gasteiger partial charge in [0.1, 0.15) is 23.9 Å². The van der Waals surface area contributed by atoms with Crippen molar-refractivity contribution >= 4 is 34.8 Å². The maximum Gasteiger partial charge on any atom is 0.260 e. The molecule has 3 aromatic rings. The van der Waals surface area contributed by atoms with E-state index in [1.165, 1.54) is 46.2 Å². The number of pyridine rings is 1. The molecule has 1 aromatic carbocycles. The topological polar surface area (TPSA) is 92.5 Å². The molecule has 1 aliphatic heterocycles. The van der Waals surface area contributed by atoms with E-state index in [0.29, 0.717) is 11.4 Å². The second-order valence-corrected chi connectivity index (χ2v) is 8.33. The Morgan fingerprint density at radius 2 is 2.00 bits per heavy atom. The van der Waals surface area contributed by atoms with E-state index in [-0.39, 0.29) is 33.7 Å². The number of nitrogens with zero attached hydrogens (tertiary/aromatic N) is 5. The first-order chi connectivity index (χ1) is 15.6. The second-order valence-electron chi connectivity index (χ2n) is 7.92.